The van der Waals surface area contributed by atoms with Gasteiger partial charge in [0.15, 0.2) is 0 Å². The van der Waals surface area contributed by atoms with E-state index in [0.717, 1.165) is 32.4 Å². The van der Waals surface area contributed by atoms with Crippen LogP contribution in [0.2, 0.25) is 5.02 Å². The molecule has 0 amide bonds. The summed E-state index contributed by atoms with van der Waals surface area (Å²) in [5.74, 6) is -0.181. The van der Waals surface area contributed by atoms with Crippen molar-refractivity contribution in [2.24, 2.45) is 0 Å². The zero-order valence-corrected chi connectivity index (χ0v) is 11.7. The number of benzene rings is 1. The monoisotopic (exact) mass is 307 g/mol. The molecule has 0 atom stereocenters. The van der Waals surface area contributed by atoms with Crippen LogP contribution in [0.4, 0.5) is 4.39 Å². The van der Waals surface area contributed by atoms with E-state index >= 15 is 0 Å². The van der Waals surface area contributed by atoms with Crippen LogP contribution in [0.25, 0.3) is 0 Å². The maximum absolute atomic E-state index is 13.5. The van der Waals surface area contributed by atoms with Gasteiger partial charge < -0.3 is 5.32 Å². The summed E-state index contributed by atoms with van der Waals surface area (Å²) in [4.78, 5) is 0. The number of unbranched alkanes of at least 4 members (excludes halogenated alkanes) is 1. The minimum Gasteiger partial charge on any atom is -0.317 e. The Labute approximate surface area is 110 Å². The highest BCUT2D eigenvalue weighted by atomic mass is 79.9. The van der Waals surface area contributed by atoms with Crippen LogP contribution >= 0.6 is 27.5 Å². The molecular formula is C12H16BrClFN. The minimum absolute atomic E-state index is 0.181. The molecule has 16 heavy (non-hydrogen) atoms. The predicted octanol–water partition coefficient (Wildman–Crippen LogP) is 4.17. The van der Waals surface area contributed by atoms with E-state index in [2.05, 4.69) is 28.2 Å². The molecule has 1 rings (SSSR count). The third-order valence-electron chi connectivity index (χ3n) is 2.39. The predicted molar refractivity (Wildman–Crippen MR) is 70.6 cm³/mol. The van der Waals surface area contributed by atoms with Crippen LogP contribution < -0.4 is 5.32 Å². The third-order valence-corrected chi connectivity index (χ3v) is 3.59. The number of nitrogens with one attached hydrogen (secondary N) is 1. The van der Waals surface area contributed by atoms with Crippen LogP contribution in [0.15, 0.2) is 16.6 Å². The third kappa shape index (κ3) is 4.40. The summed E-state index contributed by atoms with van der Waals surface area (Å²) < 4.78 is 14.1. The largest absolute Gasteiger partial charge is 0.317 e. The quantitative estimate of drug-likeness (QED) is 0.614. The number of rotatable bonds is 6. The van der Waals surface area contributed by atoms with E-state index in [1.165, 1.54) is 6.07 Å². The first-order chi connectivity index (χ1) is 7.65. The van der Waals surface area contributed by atoms with Gasteiger partial charge in [-0.15, -0.1) is 0 Å². The van der Waals surface area contributed by atoms with Crippen LogP contribution in [0.5, 0.6) is 0 Å². The van der Waals surface area contributed by atoms with Crippen molar-refractivity contribution in [3.8, 4) is 0 Å². The molecule has 0 aliphatic rings. The van der Waals surface area contributed by atoms with E-state index < -0.39 is 0 Å². The molecular weight excluding hydrogens is 292 g/mol. The van der Waals surface area contributed by atoms with Crippen LogP contribution in [0.3, 0.4) is 0 Å². The van der Waals surface area contributed by atoms with Gasteiger partial charge in [-0.1, -0.05) is 18.5 Å². The Balaban J connectivity index is 2.45. The molecule has 0 unspecified atom stereocenters. The molecule has 0 aliphatic carbocycles. The molecule has 1 aromatic carbocycles. The van der Waals surface area contributed by atoms with Crippen molar-refractivity contribution in [1.82, 2.24) is 5.32 Å². The van der Waals surface area contributed by atoms with Gasteiger partial charge in [0.2, 0.25) is 0 Å². The standard InChI is InChI=1S/C12H16BrClFN/c1-2-16-6-4-3-5-9-7-11(14)10(13)8-12(9)15/h7-8,16H,2-6H2,1H3. The topological polar surface area (TPSA) is 12.0 Å². The van der Waals surface area contributed by atoms with Gasteiger partial charge in [-0.25, -0.2) is 4.39 Å². The molecule has 0 fully saturated rings. The Hall–Kier alpha value is -0.120. The van der Waals surface area contributed by atoms with Gasteiger partial charge in [0.05, 0.1) is 5.02 Å². The van der Waals surface area contributed by atoms with E-state index in [9.17, 15) is 4.39 Å². The second-order valence-corrected chi connectivity index (χ2v) is 4.93. The first-order valence-electron chi connectivity index (χ1n) is 5.49. The zero-order valence-electron chi connectivity index (χ0n) is 9.32. The molecule has 0 aliphatic heterocycles. The lowest BCUT2D eigenvalue weighted by Crippen LogP contribution is -2.14. The van der Waals surface area contributed by atoms with Crippen LogP contribution in [-0.2, 0) is 6.42 Å². The average Bonchev–Trinajstić information content (AvgIpc) is 2.25. The normalized spacial score (nSPS) is 10.8. The summed E-state index contributed by atoms with van der Waals surface area (Å²) in [6.45, 7) is 4.05. The van der Waals surface area contributed by atoms with Gasteiger partial charge in [0, 0.05) is 4.47 Å². The lowest BCUT2D eigenvalue weighted by atomic mass is 10.1. The fourth-order valence-electron chi connectivity index (χ4n) is 1.50. The summed E-state index contributed by atoms with van der Waals surface area (Å²) >= 11 is 9.12. The van der Waals surface area contributed by atoms with Gasteiger partial charge in [-0.2, -0.15) is 0 Å². The number of hydrogen-bond acceptors (Lipinski definition) is 1. The molecule has 0 spiro atoms. The molecule has 1 N–H and O–H groups in total. The Morgan fingerprint density at radius 2 is 2.12 bits per heavy atom. The molecule has 0 saturated carbocycles. The molecule has 0 aromatic heterocycles. The Morgan fingerprint density at radius 3 is 2.81 bits per heavy atom. The highest BCUT2D eigenvalue weighted by Gasteiger charge is 2.06. The molecule has 0 heterocycles. The molecule has 1 nitrogen and oxygen atoms in total. The Kier molecular flexibility index (Phi) is 6.32. The van der Waals surface area contributed by atoms with Crippen molar-refractivity contribution < 1.29 is 4.39 Å². The molecule has 0 radical (unpaired) electrons. The van der Waals surface area contributed by atoms with Crippen molar-refractivity contribution in [2.45, 2.75) is 26.2 Å². The summed E-state index contributed by atoms with van der Waals surface area (Å²) in [6, 6.07) is 3.14. The maximum Gasteiger partial charge on any atom is 0.127 e. The molecule has 90 valence electrons. The minimum atomic E-state index is -0.181. The summed E-state index contributed by atoms with van der Waals surface area (Å²) in [5.41, 5.74) is 0.699. The smallest absolute Gasteiger partial charge is 0.127 e. The fourth-order valence-corrected chi connectivity index (χ4v) is 2.00. The van der Waals surface area contributed by atoms with Crippen LogP contribution in [0, 0.1) is 5.82 Å². The first kappa shape index (κ1) is 13.9. The second kappa shape index (κ2) is 7.25. The SMILES string of the molecule is CCNCCCCc1cc(Cl)c(Br)cc1F. The average molecular weight is 309 g/mol. The number of halogens is 3. The van der Waals surface area contributed by atoms with Crippen LogP contribution in [0.1, 0.15) is 25.3 Å². The first-order valence-corrected chi connectivity index (χ1v) is 6.66. The second-order valence-electron chi connectivity index (χ2n) is 3.67. The van der Waals surface area contributed by atoms with Gasteiger partial charge in [-0.05, 0) is 66.0 Å². The van der Waals surface area contributed by atoms with E-state index in [1.54, 1.807) is 6.07 Å². The Morgan fingerprint density at radius 1 is 1.38 bits per heavy atom. The molecule has 0 bridgehead atoms. The van der Waals surface area contributed by atoms with E-state index in [1.807, 2.05) is 0 Å². The van der Waals surface area contributed by atoms with Gasteiger partial charge in [0.1, 0.15) is 5.82 Å². The lowest BCUT2D eigenvalue weighted by molar-refractivity contribution is 0.590. The summed E-state index contributed by atoms with van der Waals surface area (Å²) in [5, 5.41) is 3.81. The zero-order chi connectivity index (χ0) is 12.0. The molecule has 4 heteroatoms. The van der Waals surface area contributed by atoms with Gasteiger partial charge >= 0.3 is 0 Å². The van der Waals surface area contributed by atoms with Crippen molar-refractivity contribution in [3.05, 3.63) is 33.0 Å². The van der Waals surface area contributed by atoms with Crippen molar-refractivity contribution in [1.29, 1.82) is 0 Å². The van der Waals surface area contributed by atoms with Crippen molar-refractivity contribution in [2.75, 3.05) is 13.1 Å². The molecule has 0 saturated heterocycles. The summed E-state index contributed by atoms with van der Waals surface area (Å²) in [6.07, 6.45) is 2.77. The summed E-state index contributed by atoms with van der Waals surface area (Å²) in [7, 11) is 0. The van der Waals surface area contributed by atoms with Gasteiger partial charge in [-0.3, -0.25) is 0 Å². The number of hydrogen-bond donors (Lipinski definition) is 1. The Bertz CT molecular complexity index is 344. The van der Waals surface area contributed by atoms with Crippen LogP contribution in [-0.4, -0.2) is 13.1 Å². The number of aryl methyl sites for hydroxylation is 1. The highest BCUT2D eigenvalue weighted by molar-refractivity contribution is 9.10. The van der Waals surface area contributed by atoms with Gasteiger partial charge in [0.25, 0.3) is 0 Å². The van der Waals surface area contributed by atoms with E-state index in [-0.39, 0.29) is 5.82 Å². The maximum atomic E-state index is 13.5. The van der Waals surface area contributed by atoms with Crippen molar-refractivity contribution in [3.63, 3.8) is 0 Å². The molecule has 1 aromatic rings. The highest BCUT2D eigenvalue weighted by Crippen LogP contribution is 2.26. The van der Waals surface area contributed by atoms with E-state index in [4.69, 9.17) is 11.6 Å². The fraction of sp³-hybridized carbons (Fsp3) is 0.500. The van der Waals surface area contributed by atoms with E-state index in [0.29, 0.717) is 15.1 Å². The lowest BCUT2D eigenvalue weighted by Gasteiger charge is -2.06. The van der Waals surface area contributed by atoms with Crippen molar-refractivity contribution >= 4 is 27.5 Å².